The Labute approximate surface area is 116 Å². The van der Waals surface area contributed by atoms with Crippen molar-refractivity contribution in [2.45, 2.75) is 44.6 Å². The first kappa shape index (κ1) is 13.1. The van der Waals surface area contributed by atoms with Crippen LogP contribution in [-0.4, -0.2) is 19.7 Å². The molecule has 2 aliphatic rings. The third-order valence-electron chi connectivity index (χ3n) is 4.70. The summed E-state index contributed by atoms with van der Waals surface area (Å²) in [5.41, 5.74) is 2.88. The van der Waals surface area contributed by atoms with Gasteiger partial charge in [-0.3, -0.25) is 0 Å². The second-order valence-corrected chi connectivity index (χ2v) is 6.19. The lowest BCUT2D eigenvalue weighted by Gasteiger charge is -2.28. The minimum atomic E-state index is 0.246. The summed E-state index contributed by atoms with van der Waals surface area (Å²) in [5, 5.41) is 3.41. The van der Waals surface area contributed by atoms with Gasteiger partial charge < -0.3 is 10.1 Å². The largest absolute Gasteiger partial charge is 0.371 e. The van der Waals surface area contributed by atoms with E-state index >= 15 is 0 Å². The molecule has 0 bridgehead atoms. The number of hydrogen-bond acceptors (Lipinski definition) is 2. The summed E-state index contributed by atoms with van der Waals surface area (Å²) in [6.07, 6.45) is 5.73. The van der Waals surface area contributed by atoms with Gasteiger partial charge in [-0.15, -0.1) is 0 Å². The molecule has 104 valence electrons. The van der Waals surface area contributed by atoms with Gasteiger partial charge in [-0.1, -0.05) is 44.0 Å². The monoisotopic (exact) mass is 259 g/mol. The Bertz CT molecular complexity index is 403. The quantitative estimate of drug-likeness (QED) is 0.875. The van der Waals surface area contributed by atoms with Crippen molar-refractivity contribution < 1.29 is 4.74 Å². The third kappa shape index (κ3) is 3.18. The molecule has 0 aromatic heterocycles. The van der Waals surface area contributed by atoms with E-state index in [1.165, 1.54) is 36.8 Å². The zero-order valence-electron chi connectivity index (χ0n) is 11.9. The fourth-order valence-corrected chi connectivity index (χ4v) is 3.39. The number of ether oxygens (including phenoxy) is 1. The maximum Gasteiger partial charge on any atom is 0.0949 e. The zero-order chi connectivity index (χ0) is 13.1. The summed E-state index contributed by atoms with van der Waals surface area (Å²) >= 11 is 0. The molecule has 1 heterocycles. The van der Waals surface area contributed by atoms with E-state index in [2.05, 4.69) is 36.5 Å². The van der Waals surface area contributed by atoms with Crippen molar-refractivity contribution in [3.63, 3.8) is 0 Å². The van der Waals surface area contributed by atoms with Crippen molar-refractivity contribution in [3.8, 4) is 0 Å². The van der Waals surface area contributed by atoms with Gasteiger partial charge in [0, 0.05) is 13.1 Å². The smallest absolute Gasteiger partial charge is 0.0949 e. The van der Waals surface area contributed by atoms with Gasteiger partial charge >= 0.3 is 0 Å². The first-order valence-electron chi connectivity index (χ1n) is 7.75. The molecule has 1 aromatic rings. The van der Waals surface area contributed by atoms with Crippen molar-refractivity contribution in [2.75, 3.05) is 19.7 Å². The molecule has 2 heteroatoms. The summed E-state index contributed by atoms with van der Waals surface area (Å²) in [4.78, 5) is 0. The summed E-state index contributed by atoms with van der Waals surface area (Å²) in [7, 11) is 0. The molecular formula is C17H25NO. The van der Waals surface area contributed by atoms with Crippen LogP contribution in [0.1, 0.15) is 55.8 Å². The fraction of sp³-hybridized carbons (Fsp3) is 0.647. The van der Waals surface area contributed by atoms with Gasteiger partial charge in [-0.2, -0.15) is 0 Å². The van der Waals surface area contributed by atoms with Crippen LogP contribution in [0.5, 0.6) is 0 Å². The van der Waals surface area contributed by atoms with E-state index in [0.29, 0.717) is 0 Å². The molecule has 1 atom stereocenters. The van der Waals surface area contributed by atoms with Gasteiger partial charge in [0.2, 0.25) is 0 Å². The molecule has 1 unspecified atom stereocenters. The zero-order valence-corrected chi connectivity index (χ0v) is 11.9. The molecule has 2 fully saturated rings. The topological polar surface area (TPSA) is 21.3 Å². The normalized spacial score (nSPS) is 32.2. The number of nitrogens with one attached hydrogen (secondary N) is 1. The maximum absolute atomic E-state index is 5.86. The van der Waals surface area contributed by atoms with E-state index in [9.17, 15) is 0 Å². The Morgan fingerprint density at radius 1 is 1.11 bits per heavy atom. The van der Waals surface area contributed by atoms with Crippen molar-refractivity contribution in [1.29, 1.82) is 0 Å². The van der Waals surface area contributed by atoms with Crippen LogP contribution >= 0.6 is 0 Å². The Hall–Kier alpha value is -0.860. The molecule has 0 radical (unpaired) electrons. The SMILES string of the molecule is CC1CCC(c2cccc(C3CNCCO3)c2)CC1. The number of rotatable bonds is 2. The Balaban J connectivity index is 1.72. The molecule has 2 nitrogen and oxygen atoms in total. The molecule has 1 N–H and O–H groups in total. The van der Waals surface area contributed by atoms with Crippen molar-refractivity contribution in [1.82, 2.24) is 5.32 Å². The van der Waals surface area contributed by atoms with Crippen LogP contribution in [0, 0.1) is 5.92 Å². The van der Waals surface area contributed by atoms with Gasteiger partial charge in [-0.05, 0) is 35.8 Å². The van der Waals surface area contributed by atoms with Crippen LogP contribution in [0.15, 0.2) is 24.3 Å². The van der Waals surface area contributed by atoms with E-state index in [1.54, 1.807) is 0 Å². The first-order valence-corrected chi connectivity index (χ1v) is 7.75. The van der Waals surface area contributed by atoms with E-state index < -0.39 is 0 Å². The van der Waals surface area contributed by atoms with Crippen LogP contribution in [-0.2, 0) is 4.74 Å². The number of hydrogen-bond donors (Lipinski definition) is 1. The maximum atomic E-state index is 5.86. The number of benzene rings is 1. The molecule has 1 aliphatic heterocycles. The average Bonchev–Trinajstić information content (AvgIpc) is 2.49. The van der Waals surface area contributed by atoms with E-state index in [4.69, 9.17) is 4.74 Å². The first-order chi connectivity index (χ1) is 9.33. The third-order valence-corrected chi connectivity index (χ3v) is 4.70. The standard InChI is InChI=1S/C17H25NO/c1-13-5-7-14(8-6-13)15-3-2-4-16(11-15)17-12-18-9-10-19-17/h2-4,11,13-14,17-18H,5-10,12H2,1H3. The lowest BCUT2D eigenvalue weighted by molar-refractivity contribution is 0.0276. The lowest BCUT2D eigenvalue weighted by Crippen LogP contribution is -2.33. The van der Waals surface area contributed by atoms with Gasteiger partial charge in [0.1, 0.15) is 0 Å². The van der Waals surface area contributed by atoms with Crippen molar-refractivity contribution >= 4 is 0 Å². The van der Waals surface area contributed by atoms with E-state index in [1.807, 2.05) is 0 Å². The summed E-state index contributed by atoms with van der Waals surface area (Å²) in [6, 6.07) is 9.12. The summed E-state index contributed by atoms with van der Waals surface area (Å²) in [5.74, 6) is 1.69. The van der Waals surface area contributed by atoms with Crippen LogP contribution in [0.4, 0.5) is 0 Å². The minimum Gasteiger partial charge on any atom is -0.371 e. The highest BCUT2D eigenvalue weighted by molar-refractivity contribution is 5.28. The van der Waals surface area contributed by atoms with Gasteiger partial charge in [-0.25, -0.2) is 0 Å². The molecule has 1 aromatic carbocycles. The van der Waals surface area contributed by atoms with Gasteiger partial charge in [0.15, 0.2) is 0 Å². The molecule has 3 rings (SSSR count). The second-order valence-electron chi connectivity index (χ2n) is 6.19. The highest BCUT2D eigenvalue weighted by Crippen LogP contribution is 2.36. The lowest BCUT2D eigenvalue weighted by atomic mass is 9.79. The Kier molecular flexibility index (Phi) is 4.19. The van der Waals surface area contributed by atoms with Crippen molar-refractivity contribution in [3.05, 3.63) is 35.4 Å². The highest BCUT2D eigenvalue weighted by Gasteiger charge is 2.21. The van der Waals surface area contributed by atoms with E-state index in [-0.39, 0.29) is 6.10 Å². The Morgan fingerprint density at radius 2 is 1.89 bits per heavy atom. The fourth-order valence-electron chi connectivity index (χ4n) is 3.39. The molecule has 19 heavy (non-hydrogen) atoms. The summed E-state index contributed by atoms with van der Waals surface area (Å²) < 4.78 is 5.86. The van der Waals surface area contributed by atoms with Gasteiger partial charge in [0.05, 0.1) is 12.7 Å². The van der Waals surface area contributed by atoms with Crippen molar-refractivity contribution in [2.24, 2.45) is 5.92 Å². The average molecular weight is 259 g/mol. The molecule has 1 aliphatic carbocycles. The van der Waals surface area contributed by atoms with E-state index in [0.717, 1.165) is 31.5 Å². The molecule has 1 saturated carbocycles. The van der Waals surface area contributed by atoms with Crippen LogP contribution < -0.4 is 5.32 Å². The molecular weight excluding hydrogens is 234 g/mol. The van der Waals surface area contributed by atoms with Crippen LogP contribution in [0.25, 0.3) is 0 Å². The van der Waals surface area contributed by atoms with Gasteiger partial charge in [0.25, 0.3) is 0 Å². The summed E-state index contributed by atoms with van der Waals surface area (Å²) in [6.45, 7) is 5.14. The number of morpholine rings is 1. The molecule has 0 amide bonds. The molecule has 0 spiro atoms. The Morgan fingerprint density at radius 3 is 2.63 bits per heavy atom. The highest BCUT2D eigenvalue weighted by atomic mass is 16.5. The second kappa shape index (κ2) is 6.06. The predicted molar refractivity (Wildman–Crippen MR) is 78.4 cm³/mol. The minimum absolute atomic E-state index is 0.246. The van der Waals surface area contributed by atoms with Crippen LogP contribution in [0.2, 0.25) is 0 Å². The van der Waals surface area contributed by atoms with Crippen LogP contribution in [0.3, 0.4) is 0 Å². The predicted octanol–water partition coefficient (Wildman–Crippen LogP) is 3.64. The molecule has 1 saturated heterocycles.